The molecule has 0 spiro atoms. The van der Waals surface area contributed by atoms with Gasteiger partial charge >= 0.3 is 0 Å². The van der Waals surface area contributed by atoms with Crippen LogP contribution in [0.2, 0.25) is 0 Å². The lowest BCUT2D eigenvalue weighted by Gasteiger charge is -2.40. The second-order valence-corrected chi connectivity index (χ2v) is 9.19. The molecule has 1 rings (SSSR count). The van der Waals surface area contributed by atoms with Crippen LogP contribution in [0.25, 0.3) is 0 Å². The van der Waals surface area contributed by atoms with Gasteiger partial charge < -0.3 is 10.6 Å². The maximum Gasteiger partial charge on any atom is 0.191 e. The number of likely N-dealkylation sites (tertiary alicyclic amines) is 1. The van der Waals surface area contributed by atoms with Gasteiger partial charge in [0.2, 0.25) is 0 Å². The van der Waals surface area contributed by atoms with Crippen LogP contribution in [0.5, 0.6) is 0 Å². The summed E-state index contributed by atoms with van der Waals surface area (Å²) >= 11 is 0. The van der Waals surface area contributed by atoms with Crippen molar-refractivity contribution in [2.75, 3.05) is 44.2 Å². The van der Waals surface area contributed by atoms with E-state index >= 15 is 0 Å². The fraction of sp³-hybridized carbons (Fsp3) is 0.938. The number of sulfone groups is 1. The van der Waals surface area contributed by atoms with E-state index in [0.717, 1.165) is 19.6 Å². The second kappa shape index (κ2) is 9.47. The molecule has 6 nitrogen and oxygen atoms in total. The first-order chi connectivity index (χ1) is 10.8. The van der Waals surface area contributed by atoms with Gasteiger partial charge in [0.25, 0.3) is 0 Å². The molecule has 0 bridgehead atoms. The maximum absolute atomic E-state index is 11.6. The Morgan fingerprint density at radius 3 is 2.35 bits per heavy atom. The van der Waals surface area contributed by atoms with Crippen molar-refractivity contribution >= 4 is 15.8 Å². The molecule has 136 valence electrons. The van der Waals surface area contributed by atoms with Crippen LogP contribution in [0, 0.1) is 0 Å². The Bertz CT molecular complexity index is 468. The van der Waals surface area contributed by atoms with Crippen molar-refractivity contribution in [3.05, 3.63) is 0 Å². The van der Waals surface area contributed by atoms with Gasteiger partial charge in [0, 0.05) is 24.4 Å². The van der Waals surface area contributed by atoms with Crippen LogP contribution in [-0.4, -0.2) is 69.0 Å². The number of guanidine groups is 1. The number of rotatable bonds is 8. The number of piperidine rings is 1. The summed E-state index contributed by atoms with van der Waals surface area (Å²) in [6.07, 6.45) is 3.85. The molecule has 1 fully saturated rings. The molecular formula is C16H34N4O2S. The first-order valence-electron chi connectivity index (χ1n) is 8.78. The normalized spacial score (nSPS) is 18.0. The van der Waals surface area contributed by atoms with Crippen LogP contribution >= 0.6 is 0 Å². The third-order valence-electron chi connectivity index (χ3n) is 4.33. The Morgan fingerprint density at radius 2 is 1.78 bits per heavy atom. The third kappa shape index (κ3) is 7.52. The first kappa shape index (κ1) is 20.2. The SMILES string of the molecule is CCNC(=NCC(C)(C)N1CCCCC1)NCCS(=O)(=O)CC. The van der Waals surface area contributed by atoms with Gasteiger partial charge in [0.1, 0.15) is 0 Å². The average molecular weight is 347 g/mol. The number of aliphatic imine (C=N–C) groups is 1. The zero-order chi connectivity index (χ0) is 17.3. The van der Waals surface area contributed by atoms with E-state index in [2.05, 4.69) is 34.4 Å². The van der Waals surface area contributed by atoms with Gasteiger partial charge in [0.15, 0.2) is 15.8 Å². The Morgan fingerprint density at radius 1 is 1.13 bits per heavy atom. The largest absolute Gasteiger partial charge is 0.357 e. The van der Waals surface area contributed by atoms with E-state index in [1.165, 1.54) is 19.3 Å². The zero-order valence-electron chi connectivity index (χ0n) is 15.2. The summed E-state index contributed by atoms with van der Waals surface area (Å²) in [6, 6.07) is 0. The molecule has 0 aromatic rings. The lowest BCUT2D eigenvalue weighted by Crippen LogP contribution is -2.49. The number of nitrogens with one attached hydrogen (secondary N) is 2. The van der Waals surface area contributed by atoms with Crippen LogP contribution in [0.3, 0.4) is 0 Å². The summed E-state index contributed by atoms with van der Waals surface area (Å²) in [5.41, 5.74) is 0.0261. The molecule has 0 radical (unpaired) electrons. The van der Waals surface area contributed by atoms with Gasteiger partial charge in [-0.05, 0) is 46.7 Å². The molecule has 1 aliphatic rings. The molecule has 0 aliphatic carbocycles. The van der Waals surface area contributed by atoms with E-state index < -0.39 is 9.84 Å². The quantitative estimate of drug-likeness (QED) is 0.511. The Balaban J connectivity index is 2.56. The molecule has 23 heavy (non-hydrogen) atoms. The van der Waals surface area contributed by atoms with E-state index in [9.17, 15) is 8.42 Å². The number of nitrogens with zero attached hydrogens (tertiary/aromatic N) is 2. The molecule has 0 aromatic heterocycles. The molecule has 0 amide bonds. The zero-order valence-corrected chi connectivity index (χ0v) is 16.0. The van der Waals surface area contributed by atoms with Crippen molar-refractivity contribution in [3.8, 4) is 0 Å². The van der Waals surface area contributed by atoms with E-state index in [-0.39, 0.29) is 17.0 Å². The summed E-state index contributed by atoms with van der Waals surface area (Å²) in [5.74, 6) is 1.03. The highest BCUT2D eigenvalue weighted by atomic mass is 32.2. The predicted molar refractivity (Wildman–Crippen MR) is 97.8 cm³/mol. The second-order valence-electron chi connectivity index (χ2n) is 6.72. The van der Waals surface area contributed by atoms with Gasteiger partial charge in [-0.25, -0.2) is 8.42 Å². The van der Waals surface area contributed by atoms with Crippen LogP contribution in [0.4, 0.5) is 0 Å². The lowest BCUT2D eigenvalue weighted by molar-refractivity contribution is 0.102. The molecule has 1 aliphatic heterocycles. The summed E-state index contributed by atoms with van der Waals surface area (Å²) in [5, 5.41) is 6.32. The smallest absolute Gasteiger partial charge is 0.191 e. The topological polar surface area (TPSA) is 73.8 Å². The molecule has 1 heterocycles. The fourth-order valence-corrected chi connectivity index (χ4v) is 3.38. The first-order valence-corrected chi connectivity index (χ1v) is 10.6. The van der Waals surface area contributed by atoms with Gasteiger partial charge in [-0.3, -0.25) is 9.89 Å². The molecular weight excluding hydrogens is 312 g/mol. The van der Waals surface area contributed by atoms with Gasteiger partial charge in [0.05, 0.1) is 12.3 Å². The molecule has 0 unspecified atom stereocenters. The summed E-state index contributed by atoms with van der Waals surface area (Å²) in [4.78, 5) is 7.17. The lowest BCUT2D eigenvalue weighted by atomic mass is 9.99. The van der Waals surface area contributed by atoms with Gasteiger partial charge in [-0.2, -0.15) is 0 Å². The third-order valence-corrected chi connectivity index (χ3v) is 6.03. The van der Waals surface area contributed by atoms with Crippen LogP contribution < -0.4 is 10.6 Å². The molecule has 0 saturated carbocycles. The standard InChI is InChI=1S/C16H34N4O2S/c1-5-17-15(18-10-13-23(21,22)6-2)19-14-16(3,4)20-11-8-7-9-12-20/h5-14H2,1-4H3,(H2,17,18,19). The van der Waals surface area contributed by atoms with E-state index in [1.807, 2.05) is 6.92 Å². The predicted octanol–water partition coefficient (Wildman–Crippen LogP) is 1.24. The number of hydrogen-bond acceptors (Lipinski definition) is 4. The van der Waals surface area contributed by atoms with E-state index in [1.54, 1.807) is 6.92 Å². The minimum atomic E-state index is -2.94. The summed E-state index contributed by atoms with van der Waals surface area (Å²) in [7, 11) is -2.94. The molecule has 0 aromatic carbocycles. The van der Waals surface area contributed by atoms with Crippen LogP contribution in [-0.2, 0) is 9.84 Å². The van der Waals surface area contributed by atoms with Crippen molar-refractivity contribution in [2.24, 2.45) is 4.99 Å². The maximum atomic E-state index is 11.6. The van der Waals surface area contributed by atoms with Crippen molar-refractivity contribution in [1.29, 1.82) is 0 Å². The van der Waals surface area contributed by atoms with Crippen LogP contribution in [0.15, 0.2) is 4.99 Å². The molecule has 0 atom stereocenters. The molecule has 1 saturated heterocycles. The highest BCUT2D eigenvalue weighted by Gasteiger charge is 2.27. The van der Waals surface area contributed by atoms with E-state index in [0.29, 0.717) is 19.0 Å². The van der Waals surface area contributed by atoms with Crippen molar-refractivity contribution in [1.82, 2.24) is 15.5 Å². The highest BCUT2D eigenvalue weighted by molar-refractivity contribution is 7.91. The Hall–Kier alpha value is -0.820. The van der Waals surface area contributed by atoms with Crippen molar-refractivity contribution < 1.29 is 8.42 Å². The monoisotopic (exact) mass is 346 g/mol. The minimum absolute atomic E-state index is 0.0261. The van der Waals surface area contributed by atoms with E-state index in [4.69, 9.17) is 0 Å². The highest BCUT2D eigenvalue weighted by Crippen LogP contribution is 2.20. The van der Waals surface area contributed by atoms with Gasteiger partial charge in [-0.1, -0.05) is 13.3 Å². The minimum Gasteiger partial charge on any atom is -0.357 e. The van der Waals surface area contributed by atoms with Crippen molar-refractivity contribution in [2.45, 2.75) is 52.5 Å². The Labute approximate surface area is 142 Å². The van der Waals surface area contributed by atoms with Gasteiger partial charge in [-0.15, -0.1) is 0 Å². The summed E-state index contributed by atoms with van der Waals surface area (Å²) in [6.45, 7) is 12.3. The number of hydrogen-bond donors (Lipinski definition) is 2. The summed E-state index contributed by atoms with van der Waals surface area (Å²) < 4.78 is 23.1. The Kier molecular flexibility index (Phi) is 8.33. The molecule has 7 heteroatoms. The average Bonchev–Trinajstić information content (AvgIpc) is 2.53. The van der Waals surface area contributed by atoms with Crippen molar-refractivity contribution in [3.63, 3.8) is 0 Å². The fourth-order valence-electron chi connectivity index (χ4n) is 2.68. The molecule has 2 N–H and O–H groups in total. The van der Waals surface area contributed by atoms with Crippen LogP contribution in [0.1, 0.15) is 47.0 Å².